The number of likely N-dealkylation sites (N-methyl/N-ethyl adjacent to an activating group) is 1. The first kappa shape index (κ1) is 29.5. The van der Waals surface area contributed by atoms with Crippen LogP contribution in [0.4, 0.5) is 4.79 Å². The lowest BCUT2D eigenvalue weighted by Crippen LogP contribution is -2.55. The van der Waals surface area contributed by atoms with Gasteiger partial charge in [-0.25, -0.2) is 4.79 Å². The Hall–Kier alpha value is -3.72. The van der Waals surface area contributed by atoms with E-state index in [4.69, 9.17) is 4.74 Å². The number of rotatable bonds is 14. The Morgan fingerprint density at radius 3 is 2.00 bits per heavy atom. The third kappa shape index (κ3) is 11.3. The second-order valence-corrected chi connectivity index (χ2v) is 9.56. The molecule has 2 aromatic carbocycles. The lowest BCUT2D eigenvalue weighted by atomic mass is 9.99. The molecule has 0 aromatic heterocycles. The first-order valence-electron chi connectivity index (χ1n) is 12.4. The predicted molar refractivity (Wildman–Crippen MR) is 142 cm³/mol. The molecule has 0 aliphatic carbocycles. The predicted octanol–water partition coefficient (Wildman–Crippen LogP) is 2.30. The van der Waals surface area contributed by atoms with Gasteiger partial charge in [-0.05, 0) is 37.6 Å². The Bertz CT molecular complexity index is 1010. The van der Waals surface area contributed by atoms with Crippen molar-refractivity contribution in [2.24, 2.45) is 5.92 Å². The van der Waals surface area contributed by atoms with Crippen molar-refractivity contribution >= 4 is 23.7 Å². The minimum Gasteiger partial charge on any atom is -0.445 e. The van der Waals surface area contributed by atoms with E-state index in [9.17, 15) is 19.2 Å². The lowest BCUT2D eigenvalue weighted by Gasteiger charge is -2.24. The Kier molecular flexibility index (Phi) is 12.3. The van der Waals surface area contributed by atoms with E-state index in [0.29, 0.717) is 19.5 Å². The fourth-order valence-corrected chi connectivity index (χ4v) is 3.58. The summed E-state index contributed by atoms with van der Waals surface area (Å²) in [6, 6.07) is 16.3. The number of nitrogens with zero attached hydrogens (tertiary/aromatic N) is 1. The standard InChI is InChI=1S/C28H38N4O5/c1-20(2)17-24(31-28(36)37-19-22-13-9-6-10-14-22)26(34)30-23(18-21-11-7-5-8-12-21)25(33)27(35)29-15-16-32(3)4/h5-14,20,23-24H,15-19H2,1-4H3,(H,29,35)(H,30,34)(H,31,36)/t23?,24-/m0/s1. The highest BCUT2D eigenvalue weighted by Gasteiger charge is 2.31. The molecular weight excluding hydrogens is 472 g/mol. The Morgan fingerprint density at radius 1 is 0.838 bits per heavy atom. The number of amides is 3. The molecule has 2 rings (SSSR count). The molecule has 0 fully saturated rings. The fraction of sp³-hybridized carbons (Fsp3) is 0.429. The quantitative estimate of drug-likeness (QED) is 0.336. The van der Waals surface area contributed by atoms with Gasteiger partial charge in [0.2, 0.25) is 11.7 Å². The van der Waals surface area contributed by atoms with E-state index in [1.807, 2.05) is 93.5 Å². The van der Waals surface area contributed by atoms with Crippen molar-refractivity contribution in [3.8, 4) is 0 Å². The molecule has 37 heavy (non-hydrogen) atoms. The summed E-state index contributed by atoms with van der Waals surface area (Å²) >= 11 is 0. The SMILES string of the molecule is CC(C)C[C@H](NC(=O)OCc1ccccc1)C(=O)NC(Cc1ccccc1)C(=O)C(=O)NCCN(C)C. The van der Waals surface area contributed by atoms with Crippen molar-refractivity contribution in [3.05, 3.63) is 71.8 Å². The largest absolute Gasteiger partial charge is 0.445 e. The number of benzene rings is 2. The number of Topliss-reactive ketones (excluding diaryl/α,β-unsaturated/α-hetero) is 1. The van der Waals surface area contributed by atoms with Gasteiger partial charge < -0.3 is 25.6 Å². The molecule has 200 valence electrons. The van der Waals surface area contributed by atoms with Crippen molar-refractivity contribution < 1.29 is 23.9 Å². The Labute approximate surface area is 218 Å². The van der Waals surface area contributed by atoms with Gasteiger partial charge in [-0.1, -0.05) is 74.5 Å². The van der Waals surface area contributed by atoms with E-state index in [2.05, 4.69) is 16.0 Å². The fourth-order valence-electron chi connectivity index (χ4n) is 3.58. The lowest BCUT2D eigenvalue weighted by molar-refractivity contribution is -0.140. The first-order valence-corrected chi connectivity index (χ1v) is 12.4. The molecule has 3 N–H and O–H groups in total. The molecule has 0 aliphatic rings. The van der Waals surface area contributed by atoms with Gasteiger partial charge in [0.25, 0.3) is 5.91 Å². The zero-order chi connectivity index (χ0) is 27.2. The minimum atomic E-state index is -1.09. The van der Waals surface area contributed by atoms with Crippen LogP contribution < -0.4 is 16.0 Å². The molecule has 0 saturated heterocycles. The van der Waals surface area contributed by atoms with E-state index >= 15 is 0 Å². The van der Waals surface area contributed by atoms with Crippen LogP contribution in [0.5, 0.6) is 0 Å². The molecule has 9 nitrogen and oxygen atoms in total. The highest BCUT2D eigenvalue weighted by Crippen LogP contribution is 2.09. The maximum Gasteiger partial charge on any atom is 0.408 e. The molecule has 3 amide bonds. The Morgan fingerprint density at radius 2 is 1.43 bits per heavy atom. The van der Waals surface area contributed by atoms with Crippen LogP contribution in [0.3, 0.4) is 0 Å². The summed E-state index contributed by atoms with van der Waals surface area (Å²) < 4.78 is 5.28. The number of hydrogen-bond donors (Lipinski definition) is 3. The van der Waals surface area contributed by atoms with Crippen molar-refractivity contribution in [3.63, 3.8) is 0 Å². The molecule has 0 saturated carbocycles. The number of ketones is 1. The van der Waals surface area contributed by atoms with Crippen molar-refractivity contribution in [1.82, 2.24) is 20.9 Å². The van der Waals surface area contributed by atoms with E-state index in [1.54, 1.807) is 0 Å². The topological polar surface area (TPSA) is 117 Å². The molecule has 9 heteroatoms. The second-order valence-electron chi connectivity index (χ2n) is 9.56. The van der Waals surface area contributed by atoms with Crippen LogP contribution in [0.25, 0.3) is 0 Å². The number of carbonyl (C=O) groups is 4. The minimum absolute atomic E-state index is 0.0604. The third-order valence-electron chi connectivity index (χ3n) is 5.51. The van der Waals surface area contributed by atoms with Gasteiger partial charge in [-0.3, -0.25) is 14.4 Å². The second kappa shape index (κ2) is 15.4. The number of hydrogen-bond acceptors (Lipinski definition) is 6. The zero-order valence-corrected chi connectivity index (χ0v) is 22.0. The Balaban J connectivity index is 2.10. The summed E-state index contributed by atoms with van der Waals surface area (Å²) in [7, 11) is 3.72. The van der Waals surface area contributed by atoms with Gasteiger partial charge in [-0.2, -0.15) is 0 Å². The highest BCUT2D eigenvalue weighted by atomic mass is 16.5. The van der Waals surface area contributed by atoms with E-state index < -0.39 is 35.8 Å². The summed E-state index contributed by atoms with van der Waals surface area (Å²) in [6.07, 6.45) is -0.274. The van der Waals surface area contributed by atoms with Gasteiger partial charge in [0, 0.05) is 19.5 Å². The number of carbonyl (C=O) groups excluding carboxylic acids is 4. The smallest absolute Gasteiger partial charge is 0.408 e. The van der Waals surface area contributed by atoms with Crippen LogP contribution in [0.1, 0.15) is 31.4 Å². The van der Waals surface area contributed by atoms with Crippen LogP contribution in [0.15, 0.2) is 60.7 Å². The van der Waals surface area contributed by atoms with Gasteiger partial charge >= 0.3 is 6.09 Å². The first-order chi connectivity index (χ1) is 17.7. The van der Waals surface area contributed by atoms with Gasteiger partial charge in [0.1, 0.15) is 18.7 Å². The van der Waals surface area contributed by atoms with Crippen molar-refractivity contribution in [2.45, 2.75) is 45.4 Å². The zero-order valence-electron chi connectivity index (χ0n) is 22.0. The molecule has 0 aliphatic heterocycles. The van der Waals surface area contributed by atoms with Gasteiger partial charge in [0.05, 0.1) is 0 Å². The van der Waals surface area contributed by atoms with E-state index in [0.717, 1.165) is 11.1 Å². The molecular formula is C28H38N4O5. The molecule has 0 spiro atoms. The maximum absolute atomic E-state index is 13.2. The third-order valence-corrected chi connectivity index (χ3v) is 5.51. The van der Waals surface area contributed by atoms with Crippen LogP contribution in [-0.4, -0.2) is 67.9 Å². The molecule has 2 aromatic rings. The molecule has 0 heterocycles. The van der Waals surface area contributed by atoms with Gasteiger partial charge in [0.15, 0.2) is 0 Å². The van der Waals surface area contributed by atoms with E-state index in [1.165, 1.54) is 0 Å². The summed E-state index contributed by atoms with van der Waals surface area (Å²) in [6.45, 7) is 4.77. The van der Waals surface area contributed by atoms with Crippen molar-refractivity contribution in [2.75, 3.05) is 27.2 Å². The van der Waals surface area contributed by atoms with Gasteiger partial charge in [-0.15, -0.1) is 0 Å². The number of nitrogens with one attached hydrogen (secondary N) is 3. The summed E-state index contributed by atoms with van der Waals surface area (Å²) in [5, 5.41) is 7.92. The molecule has 1 unspecified atom stereocenters. The molecule has 2 atom stereocenters. The maximum atomic E-state index is 13.2. The summed E-state index contributed by atoms with van der Waals surface area (Å²) in [5.74, 6) is -1.99. The average molecular weight is 511 g/mol. The summed E-state index contributed by atoms with van der Waals surface area (Å²) in [5.41, 5.74) is 1.61. The molecule has 0 radical (unpaired) electrons. The monoisotopic (exact) mass is 510 g/mol. The highest BCUT2D eigenvalue weighted by molar-refractivity contribution is 6.38. The van der Waals surface area contributed by atoms with Crippen LogP contribution in [-0.2, 0) is 32.1 Å². The average Bonchev–Trinajstić information content (AvgIpc) is 2.87. The van der Waals surface area contributed by atoms with E-state index in [-0.39, 0.29) is 18.9 Å². The van der Waals surface area contributed by atoms with Crippen LogP contribution in [0, 0.1) is 5.92 Å². The van der Waals surface area contributed by atoms with Crippen molar-refractivity contribution in [1.29, 1.82) is 0 Å². The molecule has 0 bridgehead atoms. The number of alkyl carbamates (subject to hydrolysis) is 1. The van der Waals surface area contributed by atoms with Crippen LogP contribution in [0.2, 0.25) is 0 Å². The normalized spacial score (nSPS) is 12.5. The number of ether oxygens (including phenoxy) is 1. The van der Waals surface area contributed by atoms with Crippen LogP contribution >= 0.6 is 0 Å². The summed E-state index contributed by atoms with van der Waals surface area (Å²) in [4.78, 5) is 53.2.